The Morgan fingerprint density at radius 1 is 1.00 bits per heavy atom. The van der Waals surface area contributed by atoms with E-state index in [0.29, 0.717) is 0 Å². The number of aliphatic hydroxyl groups is 1. The zero-order chi connectivity index (χ0) is 16.6. The van der Waals surface area contributed by atoms with Gasteiger partial charge in [0.05, 0.1) is 0 Å². The maximum atomic E-state index is 11.6. The van der Waals surface area contributed by atoms with Crippen LogP contribution in [0.4, 0.5) is 0 Å². The SMILES string of the molecule is CC(=O)OI1(OC(C)=O)(OC(C)=O)OC(O)c2ccccc21. The van der Waals surface area contributed by atoms with Crippen LogP contribution in [0.2, 0.25) is 0 Å². The molecule has 22 heavy (non-hydrogen) atoms. The van der Waals surface area contributed by atoms with Gasteiger partial charge in [0.15, 0.2) is 0 Å². The first-order valence-corrected chi connectivity index (χ1v) is 10.7. The van der Waals surface area contributed by atoms with E-state index >= 15 is 0 Å². The number of carbonyl (C=O) groups is 3. The average Bonchev–Trinajstić information content (AvgIpc) is 2.57. The fourth-order valence-electron chi connectivity index (χ4n) is 1.99. The molecule has 1 aliphatic heterocycles. The van der Waals surface area contributed by atoms with E-state index < -0.39 is 42.9 Å². The van der Waals surface area contributed by atoms with Crippen molar-refractivity contribution in [3.05, 3.63) is 33.4 Å². The van der Waals surface area contributed by atoms with Gasteiger partial charge in [-0.3, -0.25) is 0 Å². The molecule has 2 rings (SSSR count). The first kappa shape index (κ1) is 16.6. The van der Waals surface area contributed by atoms with Gasteiger partial charge in [0.1, 0.15) is 0 Å². The molecular formula is C13H15IO8. The van der Waals surface area contributed by atoms with Gasteiger partial charge in [0.2, 0.25) is 0 Å². The van der Waals surface area contributed by atoms with Crippen molar-refractivity contribution in [2.24, 2.45) is 0 Å². The zero-order valence-corrected chi connectivity index (χ0v) is 14.2. The van der Waals surface area contributed by atoms with E-state index in [4.69, 9.17) is 12.3 Å². The Morgan fingerprint density at radius 3 is 1.91 bits per heavy atom. The van der Waals surface area contributed by atoms with E-state index in [9.17, 15) is 19.5 Å². The van der Waals surface area contributed by atoms with Gasteiger partial charge >= 0.3 is 129 Å². The first-order chi connectivity index (χ1) is 10.2. The van der Waals surface area contributed by atoms with Crippen molar-refractivity contribution in [3.8, 4) is 0 Å². The molecule has 0 bridgehead atoms. The van der Waals surface area contributed by atoms with E-state index in [1.54, 1.807) is 12.1 Å². The second-order valence-electron chi connectivity index (χ2n) is 4.36. The molecule has 1 aromatic rings. The number of rotatable bonds is 3. The summed E-state index contributed by atoms with van der Waals surface area (Å²) in [5.74, 6) is -2.62. The Balaban J connectivity index is 2.77. The number of carbonyl (C=O) groups excluding carboxylic acids is 3. The molecule has 0 amide bonds. The molecule has 1 unspecified atom stereocenters. The van der Waals surface area contributed by atoms with Crippen molar-refractivity contribution in [1.82, 2.24) is 0 Å². The average molecular weight is 426 g/mol. The normalized spacial score (nSPS) is 22.5. The van der Waals surface area contributed by atoms with Crippen LogP contribution in [0.1, 0.15) is 32.6 Å². The number of halogens is 1. The molecule has 9 heteroatoms. The molecular weight excluding hydrogens is 411 g/mol. The summed E-state index contributed by atoms with van der Waals surface area (Å²) in [6, 6.07) is 6.07. The quantitative estimate of drug-likeness (QED) is 0.730. The molecule has 0 fully saturated rings. The van der Waals surface area contributed by atoms with E-state index in [1.165, 1.54) is 12.1 Å². The minimum absolute atomic E-state index is 0.0705. The summed E-state index contributed by atoms with van der Waals surface area (Å²) < 4.78 is 21.0. The second kappa shape index (κ2) is 5.48. The molecule has 0 saturated carbocycles. The summed E-state index contributed by atoms with van der Waals surface area (Å²) in [5, 5.41) is 10.1. The fraction of sp³-hybridized carbons (Fsp3) is 0.308. The zero-order valence-electron chi connectivity index (χ0n) is 12.1. The van der Waals surface area contributed by atoms with Crippen LogP contribution >= 0.6 is 18.7 Å². The van der Waals surface area contributed by atoms with Gasteiger partial charge in [-0.05, 0) is 0 Å². The van der Waals surface area contributed by atoms with Crippen LogP contribution in [0.3, 0.4) is 0 Å². The summed E-state index contributed by atoms with van der Waals surface area (Å²) >= 11 is -5.93. The monoisotopic (exact) mass is 426 g/mol. The summed E-state index contributed by atoms with van der Waals surface area (Å²) in [5.41, 5.74) is 0.209. The molecule has 1 N–H and O–H groups in total. The summed E-state index contributed by atoms with van der Waals surface area (Å²) in [6.45, 7) is 3.16. The van der Waals surface area contributed by atoms with E-state index in [-0.39, 0.29) is 9.13 Å². The predicted octanol–water partition coefficient (Wildman–Crippen LogP) is 1.80. The molecule has 0 saturated heterocycles. The summed E-state index contributed by atoms with van der Waals surface area (Å²) in [6.07, 6.45) is -1.55. The molecule has 0 radical (unpaired) electrons. The second-order valence-corrected chi connectivity index (χ2v) is 11.3. The topological polar surface area (TPSA) is 108 Å². The van der Waals surface area contributed by atoms with Gasteiger partial charge in [-0.1, -0.05) is 0 Å². The van der Waals surface area contributed by atoms with Crippen molar-refractivity contribution in [1.29, 1.82) is 0 Å². The minimum atomic E-state index is -5.93. The van der Waals surface area contributed by atoms with Gasteiger partial charge in [-0.15, -0.1) is 0 Å². The summed E-state index contributed by atoms with van der Waals surface area (Å²) in [7, 11) is 0. The van der Waals surface area contributed by atoms with Crippen LogP contribution in [0.5, 0.6) is 0 Å². The molecule has 8 nitrogen and oxygen atoms in total. The maximum absolute atomic E-state index is 11.6. The Labute approximate surface area is 129 Å². The molecule has 1 atom stereocenters. The number of hydrogen-bond donors (Lipinski definition) is 1. The number of aliphatic hydroxyl groups excluding tert-OH is 1. The Hall–Kier alpha value is -1.72. The van der Waals surface area contributed by atoms with E-state index in [2.05, 4.69) is 0 Å². The number of benzene rings is 1. The molecule has 1 heterocycles. The molecule has 0 aliphatic carbocycles. The Morgan fingerprint density at radius 2 is 1.45 bits per heavy atom. The van der Waals surface area contributed by atoms with Gasteiger partial charge in [0, 0.05) is 0 Å². The van der Waals surface area contributed by atoms with Gasteiger partial charge < -0.3 is 0 Å². The molecule has 1 aliphatic rings. The van der Waals surface area contributed by atoms with Crippen LogP contribution in [-0.4, -0.2) is 23.0 Å². The van der Waals surface area contributed by atoms with Gasteiger partial charge in [0.25, 0.3) is 0 Å². The van der Waals surface area contributed by atoms with Crippen LogP contribution in [0.15, 0.2) is 24.3 Å². The van der Waals surface area contributed by atoms with Crippen LogP contribution in [0, 0.1) is 3.57 Å². The Bertz CT molecular complexity index is 612. The van der Waals surface area contributed by atoms with Crippen LogP contribution in [0.25, 0.3) is 0 Å². The molecule has 1 aromatic carbocycles. The first-order valence-electron chi connectivity index (χ1n) is 6.14. The van der Waals surface area contributed by atoms with E-state index in [1.807, 2.05) is 0 Å². The number of hydrogen-bond acceptors (Lipinski definition) is 8. The number of fused-ring (bicyclic) bond motifs is 1. The molecule has 0 aromatic heterocycles. The third-order valence-electron chi connectivity index (χ3n) is 2.47. The van der Waals surface area contributed by atoms with Crippen molar-refractivity contribution in [2.45, 2.75) is 27.1 Å². The fourth-order valence-corrected chi connectivity index (χ4v) is 10.1. The third-order valence-corrected chi connectivity index (χ3v) is 10.8. The van der Waals surface area contributed by atoms with Crippen molar-refractivity contribution in [2.75, 3.05) is 0 Å². The molecule has 0 spiro atoms. The van der Waals surface area contributed by atoms with Crippen LogP contribution in [-0.2, 0) is 26.6 Å². The van der Waals surface area contributed by atoms with Gasteiger partial charge in [-0.25, -0.2) is 0 Å². The van der Waals surface area contributed by atoms with Crippen molar-refractivity contribution >= 4 is 36.6 Å². The van der Waals surface area contributed by atoms with Crippen molar-refractivity contribution in [3.63, 3.8) is 0 Å². The van der Waals surface area contributed by atoms with Crippen LogP contribution < -0.4 is 0 Å². The van der Waals surface area contributed by atoms with Gasteiger partial charge in [-0.2, -0.15) is 0 Å². The van der Waals surface area contributed by atoms with E-state index in [0.717, 1.165) is 20.8 Å². The summed E-state index contributed by atoms with van der Waals surface area (Å²) in [4.78, 5) is 34.7. The predicted molar refractivity (Wildman–Crippen MR) is 80.5 cm³/mol. The van der Waals surface area contributed by atoms with Crippen molar-refractivity contribution < 1.29 is 31.8 Å². The standard InChI is InChI=1S/C13H15IO8/c1-8(15)19-14(20-9(2)16,21-10(3)17)12-7-5-4-6-11(12)13(18)22-14/h4-7,13,18H,1-3H3. The third kappa shape index (κ3) is 2.66. The molecule has 122 valence electrons. The Kier molecular flexibility index (Phi) is 4.15.